The van der Waals surface area contributed by atoms with Gasteiger partial charge in [-0.1, -0.05) is 25.1 Å². The molecule has 6 heteroatoms. The van der Waals surface area contributed by atoms with Crippen molar-refractivity contribution in [2.45, 2.75) is 13.3 Å². The number of rotatable bonds is 3. The number of non-ortho nitro benzene ring substituents is 1. The van der Waals surface area contributed by atoms with Crippen molar-refractivity contribution in [1.82, 2.24) is 9.71 Å². The van der Waals surface area contributed by atoms with E-state index < -0.39 is 4.92 Å². The molecule has 0 saturated carbocycles. The van der Waals surface area contributed by atoms with Crippen LogP contribution in [0.4, 0.5) is 5.69 Å². The molecule has 0 fully saturated rings. The molecule has 0 aliphatic heterocycles. The van der Waals surface area contributed by atoms with E-state index in [0.717, 1.165) is 22.3 Å². The van der Waals surface area contributed by atoms with Gasteiger partial charge in [0, 0.05) is 17.7 Å². The van der Waals surface area contributed by atoms with Gasteiger partial charge in [-0.15, -0.1) is 0 Å². The van der Waals surface area contributed by atoms with E-state index in [1.807, 2.05) is 31.2 Å². The smallest absolute Gasteiger partial charge is 0.271 e. The average Bonchev–Trinajstić information content (AvgIpc) is 2.84. The summed E-state index contributed by atoms with van der Waals surface area (Å²) >= 11 is 0. The lowest BCUT2D eigenvalue weighted by molar-refractivity contribution is -0.384. The molecule has 2 aromatic carbocycles. The molecule has 21 heavy (non-hydrogen) atoms. The molecule has 1 N–H and O–H groups in total. The number of benzene rings is 2. The number of nitro groups is 1. The summed E-state index contributed by atoms with van der Waals surface area (Å²) in [7, 11) is 0. The molecule has 0 saturated heterocycles. The molecule has 0 aliphatic carbocycles. The minimum absolute atomic E-state index is 0.0773. The lowest BCUT2D eigenvalue weighted by atomic mass is 10.1. The molecule has 0 atom stereocenters. The van der Waals surface area contributed by atoms with E-state index in [2.05, 4.69) is 4.98 Å². The van der Waals surface area contributed by atoms with Crippen LogP contribution in [0.25, 0.3) is 22.4 Å². The van der Waals surface area contributed by atoms with Crippen LogP contribution >= 0.6 is 0 Å². The topological polar surface area (TPSA) is 81.2 Å². The van der Waals surface area contributed by atoms with E-state index >= 15 is 0 Å². The van der Waals surface area contributed by atoms with Crippen LogP contribution in [0, 0.1) is 10.1 Å². The van der Waals surface area contributed by atoms with Gasteiger partial charge in [-0.2, -0.15) is 4.73 Å². The second kappa shape index (κ2) is 4.90. The van der Waals surface area contributed by atoms with Crippen LogP contribution in [0.1, 0.15) is 12.5 Å². The fourth-order valence-electron chi connectivity index (χ4n) is 2.28. The van der Waals surface area contributed by atoms with Crippen LogP contribution in [0.3, 0.4) is 0 Å². The molecule has 6 nitrogen and oxygen atoms in total. The van der Waals surface area contributed by atoms with Crippen LogP contribution in [-0.4, -0.2) is 19.8 Å². The first-order valence-electron chi connectivity index (χ1n) is 6.55. The Morgan fingerprint density at radius 1 is 1.29 bits per heavy atom. The molecule has 0 spiro atoms. The van der Waals surface area contributed by atoms with Crippen molar-refractivity contribution in [2.24, 2.45) is 0 Å². The van der Waals surface area contributed by atoms with Crippen molar-refractivity contribution in [2.75, 3.05) is 0 Å². The van der Waals surface area contributed by atoms with Gasteiger partial charge in [0.05, 0.1) is 10.4 Å². The van der Waals surface area contributed by atoms with Gasteiger partial charge in [0.2, 0.25) is 0 Å². The third kappa shape index (κ3) is 2.20. The van der Waals surface area contributed by atoms with Crippen LogP contribution in [0.2, 0.25) is 0 Å². The second-order valence-corrected chi connectivity index (χ2v) is 4.73. The van der Waals surface area contributed by atoms with Crippen molar-refractivity contribution in [3.8, 4) is 11.4 Å². The first-order chi connectivity index (χ1) is 10.1. The zero-order valence-electron chi connectivity index (χ0n) is 11.4. The maximum absolute atomic E-state index is 10.8. The lowest BCUT2D eigenvalue weighted by Gasteiger charge is -2.03. The summed E-state index contributed by atoms with van der Waals surface area (Å²) in [6.07, 6.45) is 0.880. The summed E-state index contributed by atoms with van der Waals surface area (Å²) < 4.78 is 0.900. The fraction of sp³-hybridized carbons (Fsp3) is 0.133. The molecule has 3 rings (SSSR count). The third-order valence-corrected chi connectivity index (χ3v) is 3.42. The molecule has 0 bridgehead atoms. The van der Waals surface area contributed by atoms with Gasteiger partial charge in [0.1, 0.15) is 5.52 Å². The summed E-state index contributed by atoms with van der Waals surface area (Å²) in [4.78, 5) is 14.7. The summed E-state index contributed by atoms with van der Waals surface area (Å²) in [5.41, 5.74) is 2.66. The van der Waals surface area contributed by atoms with Gasteiger partial charge in [-0.05, 0) is 24.1 Å². The van der Waals surface area contributed by atoms with Crippen molar-refractivity contribution in [3.05, 3.63) is 58.1 Å². The molecule has 1 aromatic heterocycles. The minimum atomic E-state index is -0.496. The van der Waals surface area contributed by atoms with Crippen molar-refractivity contribution in [1.29, 1.82) is 0 Å². The van der Waals surface area contributed by atoms with E-state index in [1.165, 1.54) is 18.2 Å². The Kier molecular flexibility index (Phi) is 3.06. The number of nitro benzene ring substituents is 1. The zero-order chi connectivity index (χ0) is 15.0. The Morgan fingerprint density at radius 2 is 2.10 bits per heavy atom. The number of aryl methyl sites for hydroxylation is 1. The maximum Gasteiger partial charge on any atom is 0.271 e. The summed E-state index contributed by atoms with van der Waals surface area (Å²) in [6, 6.07) is 11.9. The molecule has 3 aromatic rings. The van der Waals surface area contributed by atoms with Crippen molar-refractivity contribution >= 4 is 16.7 Å². The van der Waals surface area contributed by atoms with Crippen LogP contribution < -0.4 is 0 Å². The highest BCUT2D eigenvalue weighted by atomic mass is 16.6. The van der Waals surface area contributed by atoms with Gasteiger partial charge < -0.3 is 5.21 Å². The summed E-state index contributed by atoms with van der Waals surface area (Å²) in [5.74, 6) is 0.376. The molecule has 106 valence electrons. The Hall–Kier alpha value is -2.89. The van der Waals surface area contributed by atoms with Gasteiger partial charge in [0.15, 0.2) is 5.82 Å². The van der Waals surface area contributed by atoms with Gasteiger partial charge in [0.25, 0.3) is 5.69 Å². The van der Waals surface area contributed by atoms with Gasteiger partial charge in [-0.3, -0.25) is 10.1 Å². The number of nitrogens with zero attached hydrogens (tertiary/aromatic N) is 3. The van der Waals surface area contributed by atoms with E-state index in [1.54, 1.807) is 0 Å². The monoisotopic (exact) mass is 283 g/mol. The standard InChI is InChI=1S/C15H13N3O3/c1-2-10-4-3-5-11(8-10)15-16-13-7-6-12(18(20)21)9-14(13)17(15)19/h3-9,19H,2H2,1H3. The number of fused-ring (bicyclic) bond motifs is 1. The molecule has 0 amide bonds. The Morgan fingerprint density at radius 3 is 2.81 bits per heavy atom. The van der Waals surface area contributed by atoms with Crippen molar-refractivity contribution in [3.63, 3.8) is 0 Å². The van der Waals surface area contributed by atoms with Gasteiger partial charge in [-0.25, -0.2) is 4.98 Å². The minimum Gasteiger partial charge on any atom is -0.426 e. The molecule has 0 unspecified atom stereocenters. The van der Waals surface area contributed by atoms with Crippen LogP contribution in [0.5, 0.6) is 0 Å². The number of imidazole rings is 1. The van der Waals surface area contributed by atoms with Crippen molar-refractivity contribution < 1.29 is 10.1 Å². The molecular formula is C15H13N3O3. The fourth-order valence-corrected chi connectivity index (χ4v) is 2.28. The normalized spacial score (nSPS) is 10.9. The van der Waals surface area contributed by atoms with E-state index in [0.29, 0.717) is 16.9 Å². The number of hydrogen-bond donors (Lipinski definition) is 1. The highest BCUT2D eigenvalue weighted by Gasteiger charge is 2.15. The summed E-state index contributed by atoms with van der Waals surface area (Å²) in [5, 5.41) is 21.1. The first kappa shape index (κ1) is 13.1. The lowest BCUT2D eigenvalue weighted by Crippen LogP contribution is -1.95. The first-order valence-corrected chi connectivity index (χ1v) is 6.55. The maximum atomic E-state index is 10.8. The SMILES string of the molecule is CCc1cccc(-c2nc3ccc([N+](=O)[O-])cc3n2O)c1. The zero-order valence-corrected chi connectivity index (χ0v) is 11.4. The van der Waals surface area contributed by atoms with Crippen LogP contribution in [0.15, 0.2) is 42.5 Å². The summed E-state index contributed by atoms with van der Waals surface area (Å²) in [6.45, 7) is 2.05. The molecule has 0 aliphatic rings. The Bertz CT molecular complexity index is 839. The highest BCUT2D eigenvalue weighted by Crippen LogP contribution is 2.26. The predicted molar refractivity (Wildman–Crippen MR) is 78.4 cm³/mol. The van der Waals surface area contributed by atoms with E-state index in [-0.39, 0.29) is 5.69 Å². The van der Waals surface area contributed by atoms with Gasteiger partial charge >= 0.3 is 0 Å². The van der Waals surface area contributed by atoms with E-state index in [4.69, 9.17) is 0 Å². The average molecular weight is 283 g/mol. The molecular weight excluding hydrogens is 270 g/mol. The Labute approximate surface area is 120 Å². The number of aromatic nitrogens is 2. The Balaban J connectivity index is 2.19. The number of hydrogen-bond acceptors (Lipinski definition) is 4. The second-order valence-electron chi connectivity index (χ2n) is 4.73. The van der Waals surface area contributed by atoms with Crippen LogP contribution in [-0.2, 0) is 6.42 Å². The molecule has 0 radical (unpaired) electrons. The van der Waals surface area contributed by atoms with E-state index in [9.17, 15) is 15.3 Å². The third-order valence-electron chi connectivity index (χ3n) is 3.42. The highest BCUT2D eigenvalue weighted by molar-refractivity contribution is 5.82. The molecule has 1 heterocycles. The quantitative estimate of drug-likeness (QED) is 0.453. The largest absolute Gasteiger partial charge is 0.426 e. The predicted octanol–water partition coefficient (Wildman–Crippen LogP) is 3.41.